The van der Waals surface area contributed by atoms with Gasteiger partial charge in [0.2, 0.25) is 6.43 Å². The number of amides is 2. The smallest absolute Gasteiger partial charge is 0.269 e. The van der Waals surface area contributed by atoms with Crippen LogP contribution in [0.25, 0.3) is 32.1 Å². The molecule has 0 saturated heterocycles. The second-order valence-electron chi connectivity index (χ2n) is 9.10. The van der Waals surface area contributed by atoms with E-state index < -0.39 is 36.2 Å². The average molecular weight is 572 g/mol. The van der Waals surface area contributed by atoms with Crippen LogP contribution >= 0.6 is 23.1 Å². The second-order valence-corrected chi connectivity index (χ2v) is 10.3. The highest BCUT2D eigenvalue weighted by molar-refractivity contribution is 7.13. The third kappa shape index (κ3) is 3.70. The van der Waals surface area contributed by atoms with E-state index in [0.29, 0.717) is 15.6 Å². The van der Waals surface area contributed by atoms with E-state index in [2.05, 4.69) is 14.8 Å². The normalized spacial score (nSPS) is 16.8. The van der Waals surface area contributed by atoms with Crippen LogP contribution < -0.4 is 11.1 Å². The van der Waals surface area contributed by atoms with E-state index in [4.69, 9.17) is 17.3 Å². The Bertz CT molecular complexity index is 1870. The van der Waals surface area contributed by atoms with Gasteiger partial charge in [0, 0.05) is 34.0 Å². The lowest BCUT2D eigenvalue weighted by Crippen LogP contribution is -2.40. The summed E-state index contributed by atoms with van der Waals surface area (Å²) in [5, 5.41) is 19.5. The maximum Gasteiger partial charge on any atom is 0.269 e. The number of nitrogens with zero attached hydrogens (tertiary/aromatic N) is 3. The van der Waals surface area contributed by atoms with Crippen molar-refractivity contribution in [3.8, 4) is 11.1 Å². The SMILES string of the molecule is Cn1nc2c3c(c(-c4cccc5snc(C(N)=O)c45)cc2c1CC(F)F)C(O)(c1cc(F)ccc1Cl)NC3=O. The molecule has 1 unspecified atom stereocenters. The van der Waals surface area contributed by atoms with Crippen LogP contribution in [0, 0.1) is 5.82 Å². The van der Waals surface area contributed by atoms with Crippen LogP contribution in [0.1, 0.15) is 37.7 Å². The minimum Gasteiger partial charge on any atom is -0.364 e. The molecule has 1 aliphatic heterocycles. The van der Waals surface area contributed by atoms with Gasteiger partial charge in [-0.1, -0.05) is 23.7 Å². The Morgan fingerprint density at radius 3 is 2.74 bits per heavy atom. The van der Waals surface area contributed by atoms with Gasteiger partial charge in [-0.05, 0) is 53.0 Å². The molecule has 1 aliphatic rings. The maximum absolute atomic E-state index is 14.4. The molecule has 13 heteroatoms. The Labute approximate surface area is 227 Å². The average Bonchev–Trinajstić information content (AvgIpc) is 3.53. The summed E-state index contributed by atoms with van der Waals surface area (Å²) in [4.78, 5) is 25.8. The van der Waals surface area contributed by atoms with E-state index >= 15 is 0 Å². The molecule has 39 heavy (non-hydrogen) atoms. The number of carbonyl (C=O) groups excluding carboxylic acids is 2. The van der Waals surface area contributed by atoms with Crippen LogP contribution in [-0.2, 0) is 19.2 Å². The van der Waals surface area contributed by atoms with Crippen LogP contribution in [0.2, 0.25) is 5.02 Å². The van der Waals surface area contributed by atoms with Gasteiger partial charge < -0.3 is 16.2 Å². The molecule has 2 aromatic heterocycles. The lowest BCUT2D eigenvalue weighted by Gasteiger charge is -2.28. The van der Waals surface area contributed by atoms with Gasteiger partial charge in [-0.2, -0.15) is 9.47 Å². The van der Waals surface area contributed by atoms with Gasteiger partial charge in [0.15, 0.2) is 5.72 Å². The minimum absolute atomic E-state index is 0.0247. The van der Waals surface area contributed by atoms with Crippen molar-refractivity contribution in [1.82, 2.24) is 19.5 Å². The molecule has 8 nitrogen and oxygen atoms in total. The summed E-state index contributed by atoms with van der Waals surface area (Å²) >= 11 is 7.40. The molecule has 2 amide bonds. The number of alkyl halides is 2. The molecule has 198 valence electrons. The Morgan fingerprint density at radius 2 is 2.03 bits per heavy atom. The summed E-state index contributed by atoms with van der Waals surface area (Å²) in [6, 6.07) is 9.88. The summed E-state index contributed by atoms with van der Waals surface area (Å²) in [6.45, 7) is 0. The highest BCUT2D eigenvalue weighted by atomic mass is 35.5. The number of fused-ring (bicyclic) bond motifs is 4. The van der Waals surface area contributed by atoms with Crippen molar-refractivity contribution in [3.63, 3.8) is 0 Å². The Kier molecular flexibility index (Phi) is 5.68. The van der Waals surface area contributed by atoms with Crippen molar-refractivity contribution in [1.29, 1.82) is 0 Å². The lowest BCUT2D eigenvalue weighted by atomic mass is 9.84. The first-order valence-corrected chi connectivity index (χ1v) is 12.7. The first-order valence-electron chi connectivity index (χ1n) is 11.5. The van der Waals surface area contributed by atoms with Gasteiger partial charge in [-0.3, -0.25) is 14.3 Å². The third-order valence-corrected chi connectivity index (χ3v) is 7.96. The molecule has 6 rings (SSSR count). The number of nitrogens with two attached hydrogens (primary N) is 1. The highest BCUT2D eigenvalue weighted by Gasteiger charge is 2.48. The molecule has 0 aliphatic carbocycles. The molecular weight excluding hydrogens is 555 g/mol. The number of rotatable bonds is 5. The summed E-state index contributed by atoms with van der Waals surface area (Å²) in [6.07, 6.45) is -3.35. The van der Waals surface area contributed by atoms with Crippen molar-refractivity contribution in [2.24, 2.45) is 12.8 Å². The number of nitrogens with one attached hydrogen (secondary N) is 1. The fraction of sp³-hybridized carbons (Fsp3) is 0.154. The molecule has 4 N–H and O–H groups in total. The van der Waals surface area contributed by atoms with Crippen LogP contribution in [0.5, 0.6) is 0 Å². The number of aryl methyl sites for hydroxylation is 1. The number of aromatic nitrogens is 3. The van der Waals surface area contributed by atoms with Gasteiger partial charge in [0.25, 0.3) is 11.8 Å². The Hall–Kier alpha value is -4.00. The fourth-order valence-corrected chi connectivity index (χ4v) is 6.29. The predicted octanol–water partition coefficient (Wildman–Crippen LogP) is 4.49. The largest absolute Gasteiger partial charge is 0.364 e. The second kappa shape index (κ2) is 8.76. The molecule has 0 fully saturated rings. The van der Waals surface area contributed by atoms with E-state index in [1.54, 1.807) is 18.2 Å². The van der Waals surface area contributed by atoms with E-state index in [1.165, 1.54) is 23.9 Å². The summed E-state index contributed by atoms with van der Waals surface area (Å²) in [5.74, 6) is -2.29. The molecule has 5 aromatic rings. The Balaban J connectivity index is 1.80. The van der Waals surface area contributed by atoms with Crippen LogP contribution in [0.15, 0.2) is 42.5 Å². The topological polar surface area (TPSA) is 123 Å². The zero-order valence-electron chi connectivity index (χ0n) is 19.9. The number of halogens is 4. The van der Waals surface area contributed by atoms with E-state index in [-0.39, 0.29) is 49.6 Å². The van der Waals surface area contributed by atoms with E-state index in [0.717, 1.165) is 23.7 Å². The number of aliphatic hydroxyl groups is 1. The summed E-state index contributed by atoms with van der Waals surface area (Å²) < 4.78 is 47.5. The van der Waals surface area contributed by atoms with Gasteiger partial charge >= 0.3 is 0 Å². The zero-order chi connectivity index (χ0) is 27.8. The molecule has 3 aromatic carbocycles. The van der Waals surface area contributed by atoms with Crippen LogP contribution in [0.4, 0.5) is 13.2 Å². The number of benzene rings is 3. The molecule has 0 spiro atoms. The Morgan fingerprint density at radius 1 is 1.26 bits per heavy atom. The van der Waals surface area contributed by atoms with Gasteiger partial charge in [-0.25, -0.2) is 13.2 Å². The van der Waals surface area contributed by atoms with Crippen molar-refractivity contribution >= 4 is 55.9 Å². The first kappa shape index (κ1) is 25.3. The molecule has 0 radical (unpaired) electrons. The van der Waals surface area contributed by atoms with Crippen molar-refractivity contribution in [2.45, 2.75) is 18.6 Å². The maximum atomic E-state index is 14.4. The van der Waals surface area contributed by atoms with E-state index in [9.17, 15) is 27.9 Å². The predicted molar refractivity (Wildman–Crippen MR) is 139 cm³/mol. The van der Waals surface area contributed by atoms with Gasteiger partial charge in [0.05, 0.1) is 22.4 Å². The highest BCUT2D eigenvalue weighted by Crippen LogP contribution is 2.48. The molecule has 1 atom stereocenters. The quantitative estimate of drug-likeness (QED) is 0.287. The van der Waals surface area contributed by atoms with E-state index in [1.807, 2.05) is 0 Å². The molecular formula is C26H17ClF3N5O3S. The van der Waals surface area contributed by atoms with Crippen molar-refractivity contribution < 1.29 is 27.9 Å². The minimum atomic E-state index is -2.71. The van der Waals surface area contributed by atoms with Crippen molar-refractivity contribution in [3.05, 3.63) is 81.4 Å². The molecule has 3 heterocycles. The zero-order valence-corrected chi connectivity index (χ0v) is 21.5. The third-order valence-electron chi connectivity index (χ3n) is 6.82. The number of primary amides is 1. The van der Waals surface area contributed by atoms with Gasteiger partial charge in [-0.15, -0.1) is 0 Å². The standard InChI is InChI=1S/C26H17ClF3N5O3S/c1-35-16(9-18(29)30)13-8-12(11-3-2-4-17-19(11)23(24(31)36)34-39-17)21-20(22(13)33-35)25(37)32-26(21,38)14-7-10(28)5-6-15(14)27/h2-8,18,38H,9H2,1H3,(H2,31,36)(H,32,37). The van der Waals surface area contributed by atoms with Gasteiger partial charge in [0.1, 0.15) is 17.0 Å². The number of hydrogen-bond donors (Lipinski definition) is 3. The lowest BCUT2D eigenvalue weighted by molar-refractivity contribution is 0.0478. The number of carbonyl (C=O) groups is 2. The molecule has 0 bridgehead atoms. The van der Waals surface area contributed by atoms with Crippen LogP contribution in [0.3, 0.4) is 0 Å². The summed E-state index contributed by atoms with van der Waals surface area (Å²) in [5.41, 5.74) is 3.72. The monoisotopic (exact) mass is 571 g/mol. The fourth-order valence-electron chi connectivity index (χ4n) is 5.23. The summed E-state index contributed by atoms with van der Waals surface area (Å²) in [7, 11) is 1.47. The molecule has 0 saturated carbocycles. The number of hydrogen-bond acceptors (Lipinski definition) is 6. The van der Waals surface area contributed by atoms with Crippen molar-refractivity contribution in [2.75, 3.05) is 0 Å². The van der Waals surface area contributed by atoms with Crippen LogP contribution in [-0.4, -0.2) is 37.5 Å². The first-order chi connectivity index (χ1) is 18.5.